The van der Waals surface area contributed by atoms with Crippen LogP contribution < -0.4 is 15.4 Å². The molecule has 1 unspecified atom stereocenters. The predicted molar refractivity (Wildman–Crippen MR) is 121 cm³/mol. The summed E-state index contributed by atoms with van der Waals surface area (Å²) in [6.07, 6.45) is 0. The zero-order valence-electron chi connectivity index (χ0n) is 17.2. The quantitative estimate of drug-likeness (QED) is 0.476. The minimum absolute atomic E-state index is 0.217. The van der Waals surface area contributed by atoms with E-state index in [9.17, 15) is 18.0 Å². The summed E-state index contributed by atoms with van der Waals surface area (Å²) < 4.78 is 26.4. The van der Waals surface area contributed by atoms with Crippen LogP contribution in [0.1, 0.15) is 24.1 Å². The molecule has 162 valence electrons. The lowest BCUT2D eigenvalue weighted by Gasteiger charge is -2.15. The molecular weight excluding hydrogens is 414 g/mol. The second-order valence-electron chi connectivity index (χ2n) is 7.24. The van der Waals surface area contributed by atoms with Gasteiger partial charge in [-0.2, -0.15) is 0 Å². The Hall–Kier alpha value is -3.23. The molecule has 3 aromatic rings. The Morgan fingerprint density at radius 3 is 2.26 bits per heavy atom. The number of hydrogen-bond donors (Lipinski definition) is 3. The van der Waals surface area contributed by atoms with Gasteiger partial charge >= 0.3 is 0 Å². The van der Waals surface area contributed by atoms with Crippen molar-refractivity contribution < 1.29 is 18.0 Å². The van der Waals surface area contributed by atoms with Gasteiger partial charge in [0, 0.05) is 0 Å². The van der Waals surface area contributed by atoms with E-state index >= 15 is 0 Å². The topological polar surface area (TPSA) is 104 Å². The van der Waals surface area contributed by atoms with Crippen LogP contribution in [0.25, 0.3) is 10.8 Å². The van der Waals surface area contributed by atoms with Gasteiger partial charge < -0.3 is 10.6 Å². The molecular formula is C23H25N3O4S. The van der Waals surface area contributed by atoms with Crippen molar-refractivity contribution in [3.63, 3.8) is 0 Å². The molecule has 0 fully saturated rings. The van der Waals surface area contributed by atoms with Crippen LogP contribution in [0.3, 0.4) is 0 Å². The van der Waals surface area contributed by atoms with Crippen molar-refractivity contribution in [2.75, 3.05) is 13.1 Å². The fourth-order valence-electron chi connectivity index (χ4n) is 3.11. The molecule has 8 heteroatoms. The van der Waals surface area contributed by atoms with E-state index in [0.29, 0.717) is 5.56 Å². The molecule has 0 aliphatic rings. The predicted octanol–water partition coefficient (Wildman–Crippen LogP) is 2.25. The standard InChI is InChI=1S/C23H25N3O4S/c1-17(20-12-11-19-9-5-6-10-21(19)13-20)26-23(28)14-24-22(27)15-25-31(29,30)16-18-7-3-2-4-8-18/h2-13,17,25H,14-16H2,1H3,(H,24,27)(H,26,28). The molecule has 0 aromatic heterocycles. The van der Waals surface area contributed by atoms with E-state index in [4.69, 9.17) is 0 Å². The van der Waals surface area contributed by atoms with Crippen LogP contribution in [-0.4, -0.2) is 33.3 Å². The van der Waals surface area contributed by atoms with Crippen LogP contribution in [0.15, 0.2) is 72.8 Å². The van der Waals surface area contributed by atoms with E-state index in [0.717, 1.165) is 16.3 Å². The number of benzene rings is 3. The van der Waals surface area contributed by atoms with Crippen LogP contribution in [0.5, 0.6) is 0 Å². The molecule has 0 aliphatic heterocycles. The summed E-state index contributed by atoms with van der Waals surface area (Å²) in [4.78, 5) is 24.1. The van der Waals surface area contributed by atoms with E-state index < -0.39 is 22.5 Å². The van der Waals surface area contributed by atoms with Gasteiger partial charge in [-0.3, -0.25) is 9.59 Å². The normalized spacial score (nSPS) is 12.3. The molecule has 0 saturated carbocycles. The first kappa shape index (κ1) is 22.5. The molecule has 1 atom stereocenters. The Labute approximate surface area is 181 Å². The van der Waals surface area contributed by atoms with Crippen LogP contribution in [0.2, 0.25) is 0 Å². The van der Waals surface area contributed by atoms with Crippen molar-refractivity contribution >= 4 is 32.6 Å². The summed E-state index contributed by atoms with van der Waals surface area (Å²) in [7, 11) is -3.65. The van der Waals surface area contributed by atoms with Crippen molar-refractivity contribution in [1.29, 1.82) is 0 Å². The second kappa shape index (κ2) is 10.2. The van der Waals surface area contributed by atoms with E-state index in [1.54, 1.807) is 30.3 Å². The van der Waals surface area contributed by atoms with Gasteiger partial charge in [-0.15, -0.1) is 0 Å². The van der Waals surface area contributed by atoms with E-state index in [-0.39, 0.29) is 24.2 Å². The van der Waals surface area contributed by atoms with Crippen molar-refractivity contribution in [2.24, 2.45) is 0 Å². The second-order valence-corrected chi connectivity index (χ2v) is 9.05. The lowest BCUT2D eigenvalue weighted by molar-refractivity contribution is -0.125. The SMILES string of the molecule is CC(NC(=O)CNC(=O)CNS(=O)(=O)Cc1ccccc1)c1ccc2ccccc2c1. The third-order valence-electron chi connectivity index (χ3n) is 4.75. The largest absolute Gasteiger partial charge is 0.348 e. The maximum absolute atomic E-state index is 12.2. The van der Waals surface area contributed by atoms with Crippen molar-refractivity contribution in [3.05, 3.63) is 83.9 Å². The third kappa shape index (κ3) is 6.91. The van der Waals surface area contributed by atoms with Crippen molar-refractivity contribution in [1.82, 2.24) is 15.4 Å². The fraction of sp³-hybridized carbons (Fsp3) is 0.217. The van der Waals surface area contributed by atoms with Gasteiger partial charge in [0.1, 0.15) is 0 Å². The zero-order chi connectivity index (χ0) is 22.3. The average molecular weight is 440 g/mol. The Morgan fingerprint density at radius 1 is 0.839 bits per heavy atom. The van der Waals surface area contributed by atoms with Gasteiger partial charge in [0.2, 0.25) is 21.8 Å². The van der Waals surface area contributed by atoms with Gasteiger partial charge in [-0.05, 0) is 34.9 Å². The maximum atomic E-state index is 12.2. The van der Waals surface area contributed by atoms with Gasteiger partial charge in [0.15, 0.2) is 0 Å². The molecule has 0 spiro atoms. The highest BCUT2D eigenvalue weighted by Gasteiger charge is 2.15. The number of rotatable bonds is 9. The van der Waals surface area contributed by atoms with Gasteiger partial charge in [0.05, 0.1) is 24.9 Å². The molecule has 0 bridgehead atoms. The molecule has 31 heavy (non-hydrogen) atoms. The van der Waals surface area contributed by atoms with Crippen LogP contribution in [-0.2, 0) is 25.4 Å². The highest BCUT2D eigenvalue weighted by Crippen LogP contribution is 2.20. The molecule has 0 aliphatic carbocycles. The van der Waals surface area contributed by atoms with E-state index in [1.165, 1.54) is 0 Å². The number of amides is 2. The highest BCUT2D eigenvalue weighted by molar-refractivity contribution is 7.88. The Morgan fingerprint density at radius 2 is 1.52 bits per heavy atom. The first-order valence-electron chi connectivity index (χ1n) is 9.88. The molecule has 3 aromatic carbocycles. The minimum Gasteiger partial charge on any atom is -0.348 e. The molecule has 2 amide bonds. The van der Waals surface area contributed by atoms with Crippen LogP contribution in [0, 0.1) is 0 Å². The number of carbonyl (C=O) groups is 2. The van der Waals surface area contributed by atoms with Gasteiger partial charge in [-0.1, -0.05) is 66.7 Å². The summed E-state index contributed by atoms with van der Waals surface area (Å²) in [6.45, 7) is 1.20. The summed E-state index contributed by atoms with van der Waals surface area (Å²) in [5.41, 5.74) is 1.57. The Balaban J connectivity index is 1.43. The summed E-state index contributed by atoms with van der Waals surface area (Å²) >= 11 is 0. The van der Waals surface area contributed by atoms with Crippen LogP contribution in [0.4, 0.5) is 0 Å². The molecule has 3 N–H and O–H groups in total. The van der Waals surface area contributed by atoms with E-state index in [1.807, 2.05) is 49.4 Å². The molecule has 3 rings (SSSR count). The summed E-state index contributed by atoms with van der Waals surface area (Å²) in [6, 6.07) is 22.4. The fourth-order valence-corrected chi connectivity index (χ4v) is 4.20. The number of carbonyl (C=O) groups excluding carboxylic acids is 2. The number of hydrogen-bond acceptors (Lipinski definition) is 4. The molecule has 7 nitrogen and oxygen atoms in total. The van der Waals surface area contributed by atoms with Crippen molar-refractivity contribution in [2.45, 2.75) is 18.7 Å². The van der Waals surface area contributed by atoms with Crippen LogP contribution >= 0.6 is 0 Å². The highest BCUT2D eigenvalue weighted by atomic mass is 32.2. The average Bonchev–Trinajstić information content (AvgIpc) is 2.76. The Bertz CT molecular complexity index is 1160. The first-order chi connectivity index (χ1) is 14.8. The minimum atomic E-state index is -3.65. The smallest absolute Gasteiger partial charge is 0.239 e. The lowest BCUT2D eigenvalue weighted by Crippen LogP contribution is -2.42. The number of fused-ring (bicyclic) bond motifs is 1. The van der Waals surface area contributed by atoms with E-state index in [2.05, 4.69) is 15.4 Å². The lowest BCUT2D eigenvalue weighted by atomic mass is 10.0. The Kier molecular flexibility index (Phi) is 7.38. The summed E-state index contributed by atoms with van der Waals surface area (Å²) in [5.74, 6) is -1.16. The molecule has 0 saturated heterocycles. The van der Waals surface area contributed by atoms with Gasteiger partial charge in [0.25, 0.3) is 0 Å². The molecule has 0 radical (unpaired) electrons. The zero-order valence-corrected chi connectivity index (χ0v) is 18.0. The van der Waals surface area contributed by atoms with Gasteiger partial charge in [-0.25, -0.2) is 13.1 Å². The monoisotopic (exact) mass is 439 g/mol. The molecule has 0 heterocycles. The summed E-state index contributed by atoms with van der Waals surface area (Å²) in [5, 5.41) is 7.45. The number of nitrogens with one attached hydrogen (secondary N) is 3. The third-order valence-corrected chi connectivity index (χ3v) is 6.05. The first-order valence-corrected chi connectivity index (χ1v) is 11.5. The maximum Gasteiger partial charge on any atom is 0.239 e. The number of sulfonamides is 1. The van der Waals surface area contributed by atoms with Crippen molar-refractivity contribution in [3.8, 4) is 0 Å².